The average molecular weight is 344 g/mol. The van der Waals surface area contributed by atoms with Gasteiger partial charge in [-0.25, -0.2) is 4.39 Å². The van der Waals surface area contributed by atoms with Crippen LogP contribution in [0.3, 0.4) is 0 Å². The van der Waals surface area contributed by atoms with E-state index in [1.54, 1.807) is 12.1 Å². The van der Waals surface area contributed by atoms with E-state index in [1.165, 1.54) is 18.9 Å². The average Bonchev–Trinajstić information content (AvgIpc) is 2.92. The second kappa shape index (κ2) is 8.30. The fourth-order valence-electron chi connectivity index (χ4n) is 3.65. The van der Waals surface area contributed by atoms with E-state index in [0.717, 1.165) is 39.0 Å². The van der Waals surface area contributed by atoms with Crippen molar-refractivity contribution in [2.75, 3.05) is 50.7 Å². The highest BCUT2D eigenvalue weighted by atomic mass is 19.1. The Morgan fingerprint density at radius 3 is 2.36 bits per heavy atom. The molecule has 0 atom stereocenters. The van der Waals surface area contributed by atoms with Crippen molar-refractivity contribution >= 4 is 11.6 Å². The summed E-state index contributed by atoms with van der Waals surface area (Å²) in [5.41, 5.74) is 0.762. The van der Waals surface area contributed by atoms with Gasteiger partial charge < -0.3 is 9.80 Å². The molecule has 134 valence electrons. The molecule has 1 aromatic rings. The van der Waals surface area contributed by atoms with E-state index >= 15 is 0 Å². The van der Waals surface area contributed by atoms with E-state index in [4.69, 9.17) is 0 Å². The van der Waals surface area contributed by atoms with Gasteiger partial charge in [-0.2, -0.15) is 5.26 Å². The molecule has 0 radical (unpaired) electrons. The molecule has 0 saturated carbocycles. The van der Waals surface area contributed by atoms with E-state index in [1.807, 2.05) is 15.9 Å². The second-order valence-corrected chi connectivity index (χ2v) is 6.80. The third kappa shape index (κ3) is 4.29. The minimum absolute atomic E-state index is 0.108. The Morgan fingerprint density at radius 2 is 1.72 bits per heavy atom. The summed E-state index contributed by atoms with van der Waals surface area (Å²) in [4.78, 5) is 18.7. The number of likely N-dealkylation sites (tertiary alicyclic amines) is 1. The molecular formula is C19H25FN4O. The largest absolute Gasteiger partial charge is 0.368 e. The number of hydrogen-bond acceptors (Lipinski definition) is 4. The van der Waals surface area contributed by atoms with Gasteiger partial charge in [-0.3, -0.25) is 9.69 Å². The SMILES string of the molecule is N#Cc1c(F)cccc1N1CCN(CC(=O)N2CCCCCC2)CC1. The number of benzene rings is 1. The quantitative estimate of drug-likeness (QED) is 0.844. The Bertz CT molecular complexity index is 641. The van der Waals surface area contributed by atoms with Crippen molar-refractivity contribution in [1.82, 2.24) is 9.80 Å². The van der Waals surface area contributed by atoms with Crippen LogP contribution in [0.15, 0.2) is 18.2 Å². The first-order chi connectivity index (χ1) is 12.2. The van der Waals surface area contributed by atoms with Crippen LogP contribution in [0, 0.1) is 17.1 Å². The lowest BCUT2D eigenvalue weighted by atomic mass is 10.1. The molecule has 2 fully saturated rings. The predicted octanol–water partition coefficient (Wildman–Crippen LogP) is 2.22. The first-order valence-electron chi connectivity index (χ1n) is 9.13. The number of hydrogen-bond donors (Lipinski definition) is 0. The van der Waals surface area contributed by atoms with Crippen LogP contribution >= 0.6 is 0 Å². The van der Waals surface area contributed by atoms with Crippen molar-refractivity contribution in [1.29, 1.82) is 5.26 Å². The van der Waals surface area contributed by atoms with Crippen LogP contribution in [0.5, 0.6) is 0 Å². The lowest BCUT2D eigenvalue weighted by Crippen LogP contribution is -2.50. The summed E-state index contributed by atoms with van der Waals surface area (Å²) in [6.45, 7) is 5.13. The zero-order chi connectivity index (χ0) is 17.6. The Labute approximate surface area is 148 Å². The number of amides is 1. The summed E-state index contributed by atoms with van der Waals surface area (Å²) < 4.78 is 13.8. The number of nitriles is 1. The van der Waals surface area contributed by atoms with Crippen molar-refractivity contribution in [2.45, 2.75) is 25.7 Å². The van der Waals surface area contributed by atoms with Crippen LogP contribution < -0.4 is 4.90 Å². The van der Waals surface area contributed by atoms with Crippen LogP contribution in [0.2, 0.25) is 0 Å². The maximum Gasteiger partial charge on any atom is 0.236 e. The number of carbonyl (C=O) groups is 1. The zero-order valence-corrected chi connectivity index (χ0v) is 14.6. The number of carbonyl (C=O) groups excluding carboxylic acids is 1. The molecule has 0 unspecified atom stereocenters. The smallest absolute Gasteiger partial charge is 0.236 e. The van der Waals surface area contributed by atoms with Crippen molar-refractivity contribution in [3.05, 3.63) is 29.6 Å². The second-order valence-electron chi connectivity index (χ2n) is 6.80. The number of piperazine rings is 1. The van der Waals surface area contributed by atoms with Gasteiger partial charge in [-0.15, -0.1) is 0 Å². The van der Waals surface area contributed by atoms with Crippen molar-refractivity contribution < 1.29 is 9.18 Å². The molecule has 1 amide bonds. The highest BCUT2D eigenvalue weighted by Gasteiger charge is 2.24. The maximum absolute atomic E-state index is 13.8. The Morgan fingerprint density at radius 1 is 1.04 bits per heavy atom. The number of anilines is 1. The molecule has 6 heteroatoms. The molecule has 25 heavy (non-hydrogen) atoms. The lowest BCUT2D eigenvalue weighted by molar-refractivity contribution is -0.132. The molecule has 0 spiro atoms. The van der Waals surface area contributed by atoms with Crippen LogP contribution in [0.4, 0.5) is 10.1 Å². The molecule has 5 nitrogen and oxygen atoms in total. The number of halogens is 1. The minimum atomic E-state index is -0.473. The topological polar surface area (TPSA) is 50.6 Å². The van der Waals surface area contributed by atoms with E-state index < -0.39 is 5.82 Å². The Balaban J connectivity index is 1.55. The predicted molar refractivity (Wildman–Crippen MR) is 94.8 cm³/mol. The molecule has 1 aromatic carbocycles. The fourth-order valence-corrected chi connectivity index (χ4v) is 3.65. The van der Waals surface area contributed by atoms with Gasteiger partial charge in [0.25, 0.3) is 0 Å². The summed E-state index contributed by atoms with van der Waals surface area (Å²) >= 11 is 0. The van der Waals surface area contributed by atoms with Gasteiger partial charge in [-0.1, -0.05) is 18.9 Å². The molecule has 2 saturated heterocycles. The molecule has 2 aliphatic rings. The zero-order valence-electron chi connectivity index (χ0n) is 14.6. The maximum atomic E-state index is 13.8. The van der Waals surface area contributed by atoms with Crippen LogP contribution in [-0.2, 0) is 4.79 Å². The highest BCUT2D eigenvalue weighted by Crippen LogP contribution is 2.23. The van der Waals surface area contributed by atoms with Gasteiger partial charge in [0.1, 0.15) is 17.4 Å². The first kappa shape index (κ1) is 17.7. The van der Waals surface area contributed by atoms with E-state index in [0.29, 0.717) is 25.3 Å². The molecule has 2 aliphatic heterocycles. The number of rotatable bonds is 3. The van der Waals surface area contributed by atoms with Crippen LogP contribution in [-0.4, -0.2) is 61.5 Å². The Kier molecular flexibility index (Phi) is 5.87. The molecular weight excluding hydrogens is 319 g/mol. The summed E-state index contributed by atoms with van der Waals surface area (Å²) in [5, 5.41) is 9.19. The van der Waals surface area contributed by atoms with E-state index in [2.05, 4.69) is 4.90 Å². The van der Waals surface area contributed by atoms with Crippen molar-refractivity contribution in [3.63, 3.8) is 0 Å². The fraction of sp³-hybridized carbons (Fsp3) is 0.579. The molecule has 2 heterocycles. The van der Waals surface area contributed by atoms with Gasteiger partial charge in [-0.05, 0) is 25.0 Å². The standard InChI is InChI=1S/C19H25FN4O/c20-17-6-5-7-18(16(17)14-21)23-12-10-22(11-13-23)15-19(25)24-8-3-1-2-4-9-24/h5-7H,1-4,8-13,15H2. The lowest BCUT2D eigenvalue weighted by Gasteiger charge is -2.36. The van der Waals surface area contributed by atoms with Crippen molar-refractivity contribution in [2.24, 2.45) is 0 Å². The van der Waals surface area contributed by atoms with E-state index in [-0.39, 0.29) is 11.5 Å². The molecule has 0 aliphatic carbocycles. The molecule has 0 bridgehead atoms. The monoisotopic (exact) mass is 344 g/mol. The van der Waals surface area contributed by atoms with E-state index in [9.17, 15) is 14.4 Å². The third-order valence-electron chi connectivity index (χ3n) is 5.13. The summed E-state index contributed by atoms with van der Waals surface area (Å²) in [6, 6.07) is 6.71. The van der Waals surface area contributed by atoms with Gasteiger partial charge in [0.15, 0.2) is 0 Å². The summed E-state index contributed by atoms with van der Waals surface area (Å²) in [6.07, 6.45) is 4.65. The van der Waals surface area contributed by atoms with Gasteiger partial charge in [0.05, 0.1) is 12.2 Å². The minimum Gasteiger partial charge on any atom is -0.368 e. The molecule has 0 aromatic heterocycles. The highest BCUT2D eigenvalue weighted by molar-refractivity contribution is 5.78. The van der Waals surface area contributed by atoms with Gasteiger partial charge >= 0.3 is 0 Å². The third-order valence-corrected chi connectivity index (χ3v) is 5.13. The molecule has 3 rings (SSSR count). The normalized spacial score (nSPS) is 19.4. The van der Waals surface area contributed by atoms with Gasteiger partial charge in [0.2, 0.25) is 5.91 Å². The summed E-state index contributed by atoms with van der Waals surface area (Å²) in [5.74, 6) is -0.252. The van der Waals surface area contributed by atoms with Crippen LogP contribution in [0.25, 0.3) is 0 Å². The first-order valence-corrected chi connectivity index (χ1v) is 9.13. The Hall–Kier alpha value is -2.13. The summed E-state index contributed by atoms with van der Waals surface area (Å²) in [7, 11) is 0. The molecule has 0 N–H and O–H groups in total. The van der Waals surface area contributed by atoms with Crippen LogP contribution in [0.1, 0.15) is 31.2 Å². The van der Waals surface area contributed by atoms with Gasteiger partial charge in [0, 0.05) is 39.3 Å². The number of nitrogens with zero attached hydrogens (tertiary/aromatic N) is 4. The van der Waals surface area contributed by atoms with Crippen molar-refractivity contribution in [3.8, 4) is 6.07 Å².